The second kappa shape index (κ2) is 8.73. The lowest BCUT2D eigenvalue weighted by Gasteiger charge is -2.10. The number of nitrogens with zero attached hydrogens (tertiary/aromatic N) is 2. The van der Waals surface area contributed by atoms with Gasteiger partial charge in [0, 0.05) is 38.8 Å². The first-order valence-corrected chi connectivity index (χ1v) is 10.2. The summed E-state index contributed by atoms with van der Waals surface area (Å²) in [6.07, 6.45) is 1.90. The number of hydrogen-bond donors (Lipinski definition) is 1. The van der Waals surface area contributed by atoms with E-state index in [-0.39, 0.29) is 0 Å². The maximum Gasteiger partial charge on any atom is 0.0580 e. The molecule has 0 radical (unpaired) electrons. The fourth-order valence-electron chi connectivity index (χ4n) is 3.47. The van der Waals surface area contributed by atoms with Crippen LogP contribution in [0.25, 0.3) is 10.9 Å². The van der Waals surface area contributed by atoms with E-state index in [9.17, 15) is 0 Å². The third-order valence-electron chi connectivity index (χ3n) is 5.05. The highest BCUT2D eigenvalue weighted by molar-refractivity contribution is 6.31. The van der Waals surface area contributed by atoms with Crippen molar-refractivity contribution in [1.29, 1.82) is 0 Å². The molecule has 1 heterocycles. The summed E-state index contributed by atoms with van der Waals surface area (Å²) in [6, 6.07) is 24.1. The van der Waals surface area contributed by atoms with Crippen molar-refractivity contribution in [2.24, 2.45) is 5.10 Å². The van der Waals surface area contributed by atoms with Crippen LogP contribution in [-0.4, -0.2) is 10.8 Å². The highest BCUT2D eigenvalue weighted by atomic mass is 35.5. The summed E-state index contributed by atoms with van der Waals surface area (Å²) in [5.74, 6) is 0. The Hall–Kier alpha value is -2.75. The van der Waals surface area contributed by atoms with E-state index in [1.165, 1.54) is 10.9 Å². The normalized spacial score (nSPS) is 11.4. The summed E-state index contributed by atoms with van der Waals surface area (Å²) in [5, 5.41) is 7.15. The molecule has 0 amide bonds. The number of hydrogen-bond acceptors (Lipinski definition) is 2. The lowest BCUT2D eigenvalue weighted by molar-refractivity contribution is 0.747. The lowest BCUT2D eigenvalue weighted by Crippen LogP contribution is -2.06. The summed E-state index contributed by atoms with van der Waals surface area (Å²) in [5.41, 5.74) is 8.79. The number of fused-ring (bicyclic) bond motifs is 1. The maximum absolute atomic E-state index is 6.40. The molecule has 5 heteroatoms. The molecule has 3 nitrogen and oxygen atoms in total. The van der Waals surface area contributed by atoms with Gasteiger partial charge in [-0.05, 0) is 42.3 Å². The number of nitrogens with one attached hydrogen (secondary N) is 1. The minimum atomic E-state index is 0.644. The molecule has 0 aliphatic heterocycles. The molecule has 1 N–H and O–H groups in total. The van der Waals surface area contributed by atoms with Crippen molar-refractivity contribution in [2.75, 3.05) is 0 Å². The van der Waals surface area contributed by atoms with Gasteiger partial charge in [0.1, 0.15) is 0 Å². The molecule has 0 aliphatic rings. The van der Waals surface area contributed by atoms with Crippen molar-refractivity contribution in [3.8, 4) is 0 Å². The van der Waals surface area contributed by atoms with Gasteiger partial charge < -0.3 is 9.99 Å². The van der Waals surface area contributed by atoms with Crippen LogP contribution in [0.4, 0.5) is 0 Å². The molecular weight excluding hydrogens is 401 g/mol. The van der Waals surface area contributed by atoms with Crippen LogP contribution in [0.1, 0.15) is 22.4 Å². The minimum absolute atomic E-state index is 0.644. The van der Waals surface area contributed by atoms with Gasteiger partial charge >= 0.3 is 0 Å². The first-order valence-electron chi connectivity index (χ1n) is 9.45. The number of halogens is 2. The summed E-state index contributed by atoms with van der Waals surface area (Å²) < 4.78 is 2.29. The molecule has 4 aromatic rings. The molecule has 0 saturated carbocycles. The third-order valence-corrected chi connectivity index (χ3v) is 5.67. The van der Waals surface area contributed by atoms with Crippen molar-refractivity contribution in [3.63, 3.8) is 0 Å². The smallest absolute Gasteiger partial charge is 0.0580 e. The molecule has 0 aliphatic carbocycles. The van der Waals surface area contributed by atoms with E-state index in [1.54, 1.807) is 0 Å². The zero-order valence-electron chi connectivity index (χ0n) is 16.1. The predicted octanol–water partition coefficient (Wildman–Crippen LogP) is 6.43. The van der Waals surface area contributed by atoms with E-state index < -0.39 is 0 Å². The zero-order valence-corrected chi connectivity index (χ0v) is 17.6. The maximum atomic E-state index is 6.40. The van der Waals surface area contributed by atoms with Gasteiger partial charge in [-0.15, -0.1) is 0 Å². The highest BCUT2D eigenvalue weighted by Gasteiger charge is 2.13. The van der Waals surface area contributed by atoms with Crippen LogP contribution >= 0.6 is 23.2 Å². The van der Waals surface area contributed by atoms with Crippen LogP contribution in [0.3, 0.4) is 0 Å². The zero-order chi connectivity index (χ0) is 20.2. The van der Waals surface area contributed by atoms with Crippen molar-refractivity contribution < 1.29 is 0 Å². The van der Waals surface area contributed by atoms with Crippen LogP contribution in [-0.2, 0) is 13.1 Å². The Balaban J connectivity index is 1.60. The highest BCUT2D eigenvalue weighted by Crippen LogP contribution is 2.27. The van der Waals surface area contributed by atoms with E-state index in [0.717, 1.165) is 39.0 Å². The Morgan fingerprint density at radius 1 is 0.931 bits per heavy atom. The first-order chi connectivity index (χ1) is 14.1. The van der Waals surface area contributed by atoms with Crippen LogP contribution in [0.15, 0.2) is 77.9 Å². The number of hydrazone groups is 1. The molecule has 4 rings (SSSR count). The SMILES string of the molecule is Cc1c(/C=N\NCc2ccc(Cl)cc2)c2ccccc2n1Cc1ccccc1Cl. The molecule has 3 aromatic carbocycles. The van der Waals surface area contributed by atoms with Crippen molar-refractivity contribution in [2.45, 2.75) is 20.0 Å². The summed E-state index contributed by atoms with van der Waals surface area (Å²) in [6.45, 7) is 3.49. The van der Waals surface area contributed by atoms with Crippen LogP contribution in [0, 0.1) is 6.92 Å². The van der Waals surface area contributed by atoms with E-state index >= 15 is 0 Å². The average molecular weight is 422 g/mol. The second-order valence-corrected chi connectivity index (χ2v) is 7.76. The molecule has 0 fully saturated rings. The Labute approximate surface area is 180 Å². The molecule has 1 aromatic heterocycles. The molecular formula is C24H21Cl2N3. The third kappa shape index (κ3) is 4.31. The molecule has 0 unspecified atom stereocenters. The molecule has 0 spiro atoms. The van der Waals surface area contributed by atoms with Crippen molar-refractivity contribution in [3.05, 3.63) is 105 Å². The van der Waals surface area contributed by atoms with E-state index in [1.807, 2.05) is 48.7 Å². The van der Waals surface area contributed by atoms with Crippen LogP contribution < -0.4 is 5.43 Å². The fraction of sp³-hybridized carbons (Fsp3) is 0.125. The van der Waals surface area contributed by atoms with Gasteiger partial charge in [-0.25, -0.2) is 0 Å². The average Bonchev–Trinajstić information content (AvgIpc) is 3.00. The standard InChI is InChI=1S/C24H21Cl2N3/c1-17-22(15-28-27-14-18-10-12-20(25)13-11-18)21-7-3-5-9-24(21)29(17)16-19-6-2-4-8-23(19)26/h2-13,15,27H,14,16H2,1H3/b28-15-. The van der Waals surface area contributed by atoms with Gasteiger partial charge in [0.15, 0.2) is 0 Å². The lowest BCUT2D eigenvalue weighted by atomic mass is 10.1. The Bertz CT molecular complexity index is 1160. The minimum Gasteiger partial charge on any atom is -0.340 e. The number of para-hydroxylation sites is 1. The Morgan fingerprint density at radius 2 is 1.66 bits per heavy atom. The molecule has 146 valence electrons. The van der Waals surface area contributed by atoms with Gasteiger partial charge in [-0.2, -0.15) is 5.10 Å². The van der Waals surface area contributed by atoms with Gasteiger partial charge in [0.25, 0.3) is 0 Å². The van der Waals surface area contributed by atoms with Gasteiger partial charge in [0.05, 0.1) is 12.8 Å². The van der Waals surface area contributed by atoms with Gasteiger partial charge in [-0.1, -0.05) is 71.7 Å². The van der Waals surface area contributed by atoms with Gasteiger partial charge in [-0.3, -0.25) is 0 Å². The fourth-order valence-corrected chi connectivity index (χ4v) is 3.79. The van der Waals surface area contributed by atoms with E-state index in [4.69, 9.17) is 23.2 Å². The van der Waals surface area contributed by atoms with E-state index in [0.29, 0.717) is 6.54 Å². The first kappa shape index (κ1) is 19.6. The van der Waals surface area contributed by atoms with Crippen LogP contribution in [0.5, 0.6) is 0 Å². The molecule has 0 atom stereocenters. The predicted molar refractivity (Wildman–Crippen MR) is 123 cm³/mol. The Morgan fingerprint density at radius 3 is 2.45 bits per heavy atom. The Kier molecular flexibility index (Phi) is 5.89. The van der Waals surface area contributed by atoms with Crippen molar-refractivity contribution in [1.82, 2.24) is 9.99 Å². The quantitative estimate of drug-likeness (QED) is 0.282. The largest absolute Gasteiger partial charge is 0.340 e. The molecule has 29 heavy (non-hydrogen) atoms. The van der Waals surface area contributed by atoms with Gasteiger partial charge in [0.2, 0.25) is 0 Å². The molecule has 0 bridgehead atoms. The topological polar surface area (TPSA) is 29.3 Å². The summed E-state index contributed by atoms with van der Waals surface area (Å²) >= 11 is 12.3. The number of rotatable bonds is 6. The van der Waals surface area contributed by atoms with Crippen LogP contribution in [0.2, 0.25) is 10.0 Å². The summed E-state index contributed by atoms with van der Waals surface area (Å²) in [4.78, 5) is 0. The van der Waals surface area contributed by atoms with E-state index in [2.05, 4.69) is 52.3 Å². The van der Waals surface area contributed by atoms with Crippen molar-refractivity contribution >= 4 is 40.3 Å². The summed E-state index contributed by atoms with van der Waals surface area (Å²) in [7, 11) is 0. The number of aromatic nitrogens is 1. The second-order valence-electron chi connectivity index (χ2n) is 6.91. The molecule has 0 saturated heterocycles. The number of benzene rings is 3. The monoisotopic (exact) mass is 421 g/mol.